The van der Waals surface area contributed by atoms with E-state index in [9.17, 15) is 18.0 Å². The van der Waals surface area contributed by atoms with Crippen molar-refractivity contribution in [1.29, 1.82) is 0 Å². The number of nitrogens with zero attached hydrogens (tertiary/aromatic N) is 1. The molecule has 0 aromatic heterocycles. The van der Waals surface area contributed by atoms with Crippen LogP contribution in [0.4, 0.5) is 4.79 Å². The number of nitrogens with one attached hydrogen (secondary N) is 1. The molecule has 0 bridgehead atoms. The molecule has 2 aliphatic heterocycles. The number of aliphatic carboxylic acids is 1. The molecule has 0 aliphatic carbocycles. The largest absolute Gasteiger partial charge is 0.480 e. The molecule has 2 rings (SSSR count). The van der Waals surface area contributed by atoms with Gasteiger partial charge in [-0.3, -0.25) is 0 Å². The van der Waals surface area contributed by atoms with Crippen LogP contribution in [0.15, 0.2) is 11.5 Å². The number of carboxylic acids is 1. The van der Waals surface area contributed by atoms with E-state index in [4.69, 9.17) is 9.84 Å². The number of piperidine rings is 1. The summed E-state index contributed by atoms with van der Waals surface area (Å²) >= 11 is 0. The fraction of sp³-hybridized carbons (Fsp3) is 0.667. The third-order valence-electron chi connectivity index (χ3n) is 3.41. The Kier molecular flexibility index (Phi) is 4.84. The highest BCUT2D eigenvalue weighted by Crippen LogP contribution is 2.15. The average Bonchev–Trinajstić information content (AvgIpc) is 2.76. The minimum atomic E-state index is -3.19. The molecule has 2 aliphatic rings. The SMILES string of the molecule is O=C(O)COC1CCN(C(=O)NC2C=CS(=O)(=O)C2)CC1. The summed E-state index contributed by atoms with van der Waals surface area (Å²) in [5.74, 6) is -1.11. The number of urea groups is 1. The monoisotopic (exact) mass is 318 g/mol. The molecule has 2 N–H and O–H groups in total. The lowest BCUT2D eigenvalue weighted by Crippen LogP contribution is -2.49. The van der Waals surface area contributed by atoms with Gasteiger partial charge in [-0.2, -0.15) is 0 Å². The smallest absolute Gasteiger partial charge is 0.329 e. The van der Waals surface area contributed by atoms with E-state index in [1.165, 1.54) is 6.08 Å². The van der Waals surface area contributed by atoms with Crippen LogP contribution in [0.25, 0.3) is 0 Å². The van der Waals surface area contributed by atoms with Crippen LogP contribution in [0.2, 0.25) is 0 Å². The topological polar surface area (TPSA) is 113 Å². The summed E-state index contributed by atoms with van der Waals surface area (Å²) in [6.07, 6.45) is 2.45. The predicted molar refractivity (Wildman–Crippen MR) is 73.4 cm³/mol. The number of carbonyl (C=O) groups excluding carboxylic acids is 1. The lowest BCUT2D eigenvalue weighted by Gasteiger charge is -2.32. The molecule has 0 spiro atoms. The summed E-state index contributed by atoms with van der Waals surface area (Å²) in [7, 11) is -3.19. The number of hydrogen-bond acceptors (Lipinski definition) is 5. The van der Waals surface area contributed by atoms with Crippen molar-refractivity contribution in [2.45, 2.75) is 25.0 Å². The molecule has 118 valence electrons. The van der Waals surface area contributed by atoms with Crippen molar-refractivity contribution in [3.05, 3.63) is 11.5 Å². The molecule has 0 radical (unpaired) electrons. The van der Waals surface area contributed by atoms with E-state index >= 15 is 0 Å². The Balaban J connectivity index is 1.73. The Labute approximate surface area is 122 Å². The quantitative estimate of drug-likeness (QED) is 0.727. The third kappa shape index (κ3) is 4.71. The molecule has 1 atom stereocenters. The average molecular weight is 318 g/mol. The van der Waals surface area contributed by atoms with E-state index in [2.05, 4.69) is 5.32 Å². The Bertz CT molecular complexity index is 536. The standard InChI is InChI=1S/C12H18N2O6S/c15-11(16)7-20-10-1-4-14(5-2-10)12(17)13-9-3-6-21(18,19)8-9/h3,6,9-10H,1-2,4-5,7-8H2,(H,13,17)(H,15,16). The molecule has 9 heteroatoms. The fourth-order valence-electron chi connectivity index (χ4n) is 2.33. The van der Waals surface area contributed by atoms with Gasteiger partial charge in [0.15, 0.2) is 9.84 Å². The van der Waals surface area contributed by atoms with Gasteiger partial charge in [0.05, 0.1) is 17.9 Å². The Hall–Kier alpha value is -1.61. The number of carbonyl (C=O) groups is 2. The zero-order valence-electron chi connectivity index (χ0n) is 11.4. The van der Waals surface area contributed by atoms with Crippen molar-refractivity contribution in [3.63, 3.8) is 0 Å². The maximum absolute atomic E-state index is 12.0. The molecule has 8 nitrogen and oxygen atoms in total. The van der Waals surface area contributed by atoms with E-state index in [0.717, 1.165) is 5.41 Å². The number of rotatable bonds is 4. The molecule has 2 heterocycles. The van der Waals surface area contributed by atoms with Crippen molar-refractivity contribution in [1.82, 2.24) is 10.2 Å². The summed E-state index contributed by atoms with van der Waals surface area (Å²) in [6, 6.07) is -0.790. The second kappa shape index (κ2) is 6.44. The van der Waals surface area contributed by atoms with E-state index in [0.29, 0.717) is 25.9 Å². The molecule has 0 aromatic carbocycles. The normalized spacial score (nSPS) is 25.0. The van der Waals surface area contributed by atoms with E-state index in [1.807, 2.05) is 0 Å². The van der Waals surface area contributed by atoms with Gasteiger partial charge in [-0.25, -0.2) is 18.0 Å². The highest BCUT2D eigenvalue weighted by atomic mass is 32.2. The van der Waals surface area contributed by atoms with Crippen molar-refractivity contribution in [2.75, 3.05) is 25.4 Å². The number of sulfone groups is 1. The van der Waals surface area contributed by atoms with Gasteiger partial charge in [0, 0.05) is 18.5 Å². The van der Waals surface area contributed by atoms with Gasteiger partial charge in [0.2, 0.25) is 0 Å². The van der Waals surface area contributed by atoms with Crippen molar-refractivity contribution in [2.24, 2.45) is 0 Å². The fourth-order valence-corrected chi connectivity index (χ4v) is 3.57. The van der Waals surface area contributed by atoms with Crippen LogP contribution in [0.5, 0.6) is 0 Å². The molecule has 1 unspecified atom stereocenters. The second-order valence-electron chi connectivity index (χ2n) is 5.11. The van der Waals surface area contributed by atoms with Gasteiger partial charge < -0.3 is 20.1 Å². The molecule has 21 heavy (non-hydrogen) atoms. The number of hydrogen-bond donors (Lipinski definition) is 2. The van der Waals surface area contributed by atoms with Gasteiger partial charge >= 0.3 is 12.0 Å². The first-order valence-corrected chi connectivity index (χ1v) is 8.37. The molecular formula is C12H18N2O6S. The Morgan fingerprint density at radius 1 is 1.33 bits per heavy atom. The molecule has 1 saturated heterocycles. The summed E-state index contributed by atoms with van der Waals surface area (Å²) in [5, 5.41) is 12.3. The van der Waals surface area contributed by atoms with E-state index in [1.54, 1.807) is 4.90 Å². The highest BCUT2D eigenvalue weighted by Gasteiger charge is 2.27. The first-order chi connectivity index (χ1) is 9.85. The van der Waals surface area contributed by atoms with Crippen LogP contribution in [-0.2, 0) is 19.4 Å². The van der Waals surface area contributed by atoms with Gasteiger partial charge in [-0.15, -0.1) is 0 Å². The molecule has 1 fully saturated rings. The van der Waals surface area contributed by atoms with Gasteiger partial charge in [0.25, 0.3) is 0 Å². The van der Waals surface area contributed by atoms with Crippen LogP contribution in [0, 0.1) is 0 Å². The summed E-state index contributed by atoms with van der Waals surface area (Å²) in [6.45, 7) is 0.584. The van der Waals surface area contributed by atoms with Gasteiger partial charge in [-0.05, 0) is 18.9 Å². The van der Waals surface area contributed by atoms with Crippen LogP contribution in [0.3, 0.4) is 0 Å². The maximum atomic E-state index is 12.0. The predicted octanol–water partition coefficient (Wildman–Crippen LogP) is -0.428. The highest BCUT2D eigenvalue weighted by molar-refractivity contribution is 7.94. The first kappa shape index (κ1) is 15.8. The van der Waals surface area contributed by atoms with Crippen LogP contribution >= 0.6 is 0 Å². The van der Waals surface area contributed by atoms with E-state index < -0.39 is 21.8 Å². The van der Waals surface area contributed by atoms with Crippen LogP contribution < -0.4 is 5.32 Å². The number of carboxylic acid groups (broad SMARTS) is 1. The lowest BCUT2D eigenvalue weighted by atomic mass is 10.1. The van der Waals surface area contributed by atoms with Gasteiger partial charge in [-0.1, -0.05) is 0 Å². The molecule has 2 amide bonds. The number of likely N-dealkylation sites (tertiary alicyclic amines) is 1. The molecule has 0 saturated carbocycles. The first-order valence-electron chi connectivity index (χ1n) is 6.65. The maximum Gasteiger partial charge on any atom is 0.329 e. The van der Waals surface area contributed by atoms with Crippen molar-refractivity contribution >= 4 is 21.8 Å². The summed E-state index contributed by atoms with van der Waals surface area (Å²) < 4.78 is 27.7. The van der Waals surface area contributed by atoms with E-state index in [-0.39, 0.29) is 24.5 Å². The van der Waals surface area contributed by atoms with Crippen molar-refractivity contribution < 1.29 is 27.9 Å². The van der Waals surface area contributed by atoms with Crippen molar-refractivity contribution in [3.8, 4) is 0 Å². The minimum Gasteiger partial charge on any atom is -0.480 e. The zero-order valence-corrected chi connectivity index (χ0v) is 12.2. The Morgan fingerprint density at radius 2 is 2.00 bits per heavy atom. The zero-order chi connectivity index (χ0) is 15.5. The number of amides is 2. The molecular weight excluding hydrogens is 300 g/mol. The Morgan fingerprint density at radius 3 is 2.52 bits per heavy atom. The molecule has 0 aromatic rings. The van der Waals surface area contributed by atoms with Crippen LogP contribution in [-0.4, -0.2) is 68.0 Å². The minimum absolute atomic E-state index is 0.100. The second-order valence-corrected chi connectivity index (χ2v) is 7.04. The van der Waals surface area contributed by atoms with Crippen LogP contribution in [0.1, 0.15) is 12.8 Å². The number of ether oxygens (including phenoxy) is 1. The summed E-state index contributed by atoms with van der Waals surface area (Å²) in [4.78, 5) is 24.0. The van der Waals surface area contributed by atoms with Gasteiger partial charge in [0.1, 0.15) is 6.61 Å². The lowest BCUT2D eigenvalue weighted by molar-refractivity contribution is -0.145. The summed E-state index contributed by atoms with van der Waals surface area (Å²) in [5.41, 5.74) is 0. The third-order valence-corrected chi connectivity index (χ3v) is 4.81.